The lowest BCUT2D eigenvalue weighted by molar-refractivity contribution is -0.125. The van der Waals surface area contributed by atoms with Crippen molar-refractivity contribution in [3.8, 4) is 0 Å². The van der Waals surface area contributed by atoms with Gasteiger partial charge in [-0.2, -0.15) is 0 Å². The Hall–Kier alpha value is -0.650. The number of ether oxygens (including phenoxy) is 2. The largest absolute Gasteiger partial charge is 0.379 e. The molecule has 98 valence electrons. The van der Waals surface area contributed by atoms with E-state index in [1.54, 1.807) is 0 Å². The molecule has 1 heterocycles. The molecule has 1 saturated heterocycles. The molecule has 0 aromatic carbocycles. The van der Waals surface area contributed by atoms with E-state index in [2.05, 4.69) is 5.32 Å². The smallest absolute Gasteiger partial charge is 0.227 e. The average molecular weight is 242 g/mol. The summed E-state index contributed by atoms with van der Waals surface area (Å²) in [5.41, 5.74) is 5.77. The minimum atomic E-state index is -0.193. The van der Waals surface area contributed by atoms with E-state index in [-0.39, 0.29) is 17.9 Å². The van der Waals surface area contributed by atoms with Crippen molar-refractivity contribution >= 4 is 5.91 Å². The highest BCUT2D eigenvalue weighted by Gasteiger charge is 2.30. The third kappa shape index (κ3) is 3.66. The summed E-state index contributed by atoms with van der Waals surface area (Å²) in [5.74, 6) is -0.202. The van der Waals surface area contributed by atoms with Gasteiger partial charge < -0.3 is 20.5 Å². The first-order chi connectivity index (χ1) is 8.27. The van der Waals surface area contributed by atoms with E-state index in [9.17, 15) is 4.79 Å². The lowest BCUT2D eigenvalue weighted by Crippen LogP contribution is -2.42. The van der Waals surface area contributed by atoms with E-state index in [0.29, 0.717) is 32.5 Å². The summed E-state index contributed by atoms with van der Waals surface area (Å²) < 4.78 is 10.8. The Morgan fingerprint density at radius 2 is 2.12 bits per heavy atom. The fourth-order valence-electron chi connectivity index (χ4n) is 2.43. The van der Waals surface area contributed by atoms with Gasteiger partial charge >= 0.3 is 0 Å². The first kappa shape index (κ1) is 12.8. The molecular weight excluding hydrogens is 220 g/mol. The molecule has 1 amide bonds. The Labute approximate surface area is 102 Å². The lowest BCUT2D eigenvalue weighted by atomic mass is 10.0. The van der Waals surface area contributed by atoms with Gasteiger partial charge in [0, 0.05) is 12.6 Å². The Bertz CT molecular complexity index is 254. The zero-order chi connectivity index (χ0) is 12.1. The highest BCUT2D eigenvalue weighted by atomic mass is 16.5. The predicted molar refractivity (Wildman–Crippen MR) is 63.5 cm³/mol. The first-order valence-electron chi connectivity index (χ1n) is 6.50. The van der Waals surface area contributed by atoms with Gasteiger partial charge in [-0.3, -0.25) is 4.79 Å². The molecule has 2 rings (SSSR count). The van der Waals surface area contributed by atoms with Gasteiger partial charge in [0.25, 0.3) is 0 Å². The summed E-state index contributed by atoms with van der Waals surface area (Å²) in [6.45, 7) is 2.09. The van der Waals surface area contributed by atoms with Crippen LogP contribution in [0.15, 0.2) is 0 Å². The maximum absolute atomic E-state index is 11.7. The maximum Gasteiger partial charge on any atom is 0.227 e. The van der Waals surface area contributed by atoms with Crippen LogP contribution in [0.4, 0.5) is 0 Å². The molecule has 3 N–H and O–H groups in total. The fraction of sp³-hybridized carbons (Fsp3) is 0.917. The number of carbonyl (C=O) groups is 1. The quantitative estimate of drug-likeness (QED) is 0.667. The van der Waals surface area contributed by atoms with Crippen LogP contribution in [0.1, 0.15) is 25.7 Å². The molecule has 5 nitrogen and oxygen atoms in total. The predicted octanol–water partition coefficient (Wildman–Crippen LogP) is 0.0355. The summed E-state index contributed by atoms with van der Waals surface area (Å²) in [4.78, 5) is 11.7. The monoisotopic (exact) mass is 242 g/mol. The van der Waals surface area contributed by atoms with Crippen molar-refractivity contribution in [1.82, 2.24) is 5.32 Å². The summed E-state index contributed by atoms with van der Waals surface area (Å²) >= 11 is 0. The van der Waals surface area contributed by atoms with Crippen LogP contribution in [0, 0.1) is 5.92 Å². The Morgan fingerprint density at radius 1 is 1.35 bits per heavy atom. The zero-order valence-corrected chi connectivity index (χ0v) is 10.2. The van der Waals surface area contributed by atoms with Crippen LogP contribution in [0.5, 0.6) is 0 Å². The average Bonchev–Trinajstić information content (AvgIpc) is 2.95. The summed E-state index contributed by atoms with van der Waals surface area (Å²) in [5, 5.41) is 2.86. The number of carbonyl (C=O) groups excluding carboxylic acids is 1. The van der Waals surface area contributed by atoms with Crippen LogP contribution in [-0.2, 0) is 14.3 Å². The maximum atomic E-state index is 11.7. The van der Waals surface area contributed by atoms with Crippen molar-refractivity contribution in [2.75, 3.05) is 26.4 Å². The summed E-state index contributed by atoms with van der Waals surface area (Å²) in [7, 11) is 0. The van der Waals surface area contributed by atoms with Crippen LogP contribution in [0.2, 0.25) is 0 Å². The molecule has 2 aliphatic rings. The fourth-order valence-corrected chi connectivity index (χ4v) is 2.43. The molecule has 2 atom stereocenters. The molecule has 1 aliphatic heterocycles. The molecule has 2 fully saturated rings. The van der Waals surface area contributed by atoms with Gasteiger partial charge in [-0.05, 0) is 12.8 Å². The SMILES string of the molecule is NC1COCC1C(=O)NCCOC1CCCC1. The van der Waals surface area contributed by atoms with E-state index in [0.717, 1.165) is 12.8 Å². The topological polar surface area (TPSA) is 73.6 Å². The number of hydrogen-bond donors (Lipinski definition) is 2. The van der Waals surface area contributed by atoms with Gasteiger partial charge in [0.15, 0.2) is 0 Å². The molecule has 2 unspecified atom stereocenters. The molecule has 0 spiro atoms. The molecule has 0 aromatic heterocycles. The van der Waals surface area contributed by atoms with Gasteiger partial charge in [0.1, 0.15) is 0 Å². The molecular formula is C12H22N2O3. The molecule has 0 aromatic rings. The Balaban J connectivity index is 1.56. The van der Waals surface area contributed by atoms with Gasteiger partial charge in [-0.1, -0.05) is 12.8 Å². The second kappa shape index (κ2) is 6.33. The van der Waals surface area contributed by atoms with Crippen LogP contribution < -0.4 is 11.1 Å². The summed E-state index contributed by atoms with van der Waals surface area (Å²) in [6.07, 6.45) is 5.27. The van der Waals surface area contributed by atoms with Gasteiger partial charge in [-0.15, -0.1) is 0 Å². The second-order valence-electron chi connectivity index (χ2n) is 4.88. The minimum absolute atomic E-state index is 0.00924. The molecule has 17 heavy (non-hydrogen) atoms. The molecule has 0 bridgehead atoms. The molecule has 0 radical (unpaired) electrons. The van der Waals surface area contributed by atoms with Crippen LogP contribution in [-0.4, -0.2) is 44.4 Å². The van der Waals surface area contributed by atoms with Crippen molar-refractivity contribution in [3.05, 3.63) is 0 Å². The van der Waals surface area contributed by atoms with Crippen molar-refractivity contribution in [3.63, 3.8) is 0 Å². The Morgan fingerprint density at radius 3 is 2.76 bits per heavy atom. The van der Waals surface area contributed by atoms with E-state index < -0.39 is 0 Å². The zero-order valence-electron chi connectivity index (χ0n) is 10.2. The van der Waals surface area contributed by atoms with E-state index in [4.69, 9.17) is 15.2 Å². The van der Waals surface area contributed by atoms with Gasteiger partial charge in [-0.25, -0.2) is 0 Å². The number of nitrogens with one attached hydrogen (secondary N) is 1. The third-order valence-electron chi connectivity index (χ3n) is 3.52. The normalized spacial score (nSPS) is 29.7. The second-order valence-corrected chi connectivity index (χ2v) is 4.88. The number of hydrogen-bond acceptors (Lipinski definition) is 4. The van der Waals surface area contributed by atoms with E-state index in [1.807, 2.05) is 0 Å². The third-order valence-corrected chi connectivity index (χ3v) is 3.52. The van der Waals surface area contributed by atoms with Crippen LogP contribution >= 0.6 is 0 Å². The molecule has 1 aliphatic carbocycles. The van der Waals surface area contributed by atoms with E-state index in [1.165, 1.54) is 12.8 Å². The van der Waals surface area contributed by atoms with Crippen molar-refractivity contribution < 1.29 is 14.3 Å². The van der Waals surface area contributed by atoms with Crippen molar-refractivity contribution in [2.45, 2.75) is 37.8 Å². The van der Waals surface area contributed by atoms with Crippen LogP contribution in [0.3, 0.4) is 0 Å². The number of amides is 1. The van der Waals surface area contributed by atoms with Crippen molar-refractivity contribution in [2.24, 2.45) is 11.7 Å². The summed E-state index contributed by atoms with van der Waals surface area (Å²) in [6, 6.07) is -0.161. The molecule has 1 saturated carbocycles. The number of rotatable bonds is 5. The minimum Gasteiger partial charge on any atom is -0.379 e. The highest BCUT2D eigenvalue weighted by molar-refractivity contribution is 5.79. The lowest BCUT2D eigenvalue weighted by Gasteiger charge is -2.15. The van der Waals surface area contributed by atoms with Crippen LogP contribution in [0.25, 0.3) is 0 Å². The Kier molecular flexibility index (Phi) is 4.76. The highest BCUT2D eigenvalue weighted by Crippen LogP contribution is 2.20. The van der Waals surface area contributed by atoms with Gasteiger partial charge in [0.05, 0.1) is 31.8 Å². The van der Waals surface area contributed by atoms with Crippen molar-refractivity contribution in [1.29, 1.82) is 0 Å². The first-order valence-corrected chi connectivity index (χ1v) is 6.50. The molecule has 5 heteroatoms. The number of nitrogens with two attached hydrogens (primary N) is 1. The standard InChI is InChI=1S/C12H22N2O3/c13-11-8-16-7-10(11)12(15)14-5-6-17-9-3-1-2-4-9/h9-11H,1-8,13H2,(H,14,15). The van der Waals surface area contributed by atoms with E-state index >= 15 is 0 Å². The van der Waals surface area contributed by atoms with Gasteiger partial charge in [0.2, 0.25) is 5.91 Å².